The molecule has 6 heteroatoms. The quantitative estimate of drug-likeness (QED) is 0.855. The van der Waals surface area contributed by atoms with Gasteiger partial charge in [-0.05, 0) is 39.2 Å². The van der Waals surface area contributed by atoms with Gasteiger partial charge in [-0.25, -0.2) is 15.0 Å². The Hall–Kier alpha value is -2.24. The van der Waals surface area contributed by atoms with Gasteiger partial charge in [0.25, 0.3) is 0 Å². The molecule has 2 aromatic rings. The molecule has 0 saturated carbocycles. The van der Waals surface area contributed by atoms with Gasteiger partial charge in [-0.3, -0.25) is 4.79 Å². The van der Waals surface area contributed by atoms with Crippen LogP contribution in [0.1, 0.15) is 49.6 Å². The molecule has 0 aromatic carbocycles. The van der Waals surface area contributed by atoms with E-state index in [9.17, 15) is 4.79 Å². The molecule has 122 valence electrons. The highest BCUT2D eigenvalue weighted by Gasteiger charge is 2.28. The number of rotatable bonds is 2. The smallest absolute Gasteiger partial charge is 0.220 e. The van der Waals surface area contributed by atoms with Crippen molar-refractivity contribution in [1.29, 1.82) is 0 Å². The summed E-state index contributed by atoms with van der Waals surface area (Å²) in [4.78, 5) is 27.6. The van der Waals surface area contributed by atoms with Gasteiger partial charge in [0.15, 0.2) is 5.82 Å². The van der Waals surface area contributed by atoms with Gasteiger partial charge in [0.1, 0.15) is 5.82 Å². The maximum atomic E-state index is 11.9. The average molecular weight is 313 g/mol. The Balaban J connectivity index is 2.03. The van der Waals surface area contributed by atoms with E-state index in [4.69, 9.17) is 4.98 Å². The third kappa shape index (κ3) is 2.98. The van der Waals surface area contributed by atoms with Crippen molar-refractivity contribution in [3.63, 3.8) is 0 Å². The predicted octanol–water partition coefficient (Wildman–Crippen LogP) is 2.57. The summed E-state index contributed by atoms with van der Waals surface area (Å²) >= 11 is 0. The number of hydrogen-bond donors (Lipinski definition) is 0. The first-order valence-corrected chi connectivity index (χ1v) is 8.09. The second-order valence-electron chi connectivity index (χ2n) is 6.23. The molecule has 1 amide bonds. The van der Waals surface area contributed by atoms with E-state index in [-0.39, 0.29) is 11.9 Å². The fourth-order valence-corrected chi connectivity index (χ4v) is 3.19. The third-order valence-corrected chi connectivity index (χ3v) is 4.56. The van der Waals surface area contributed by atoms with Crippen molar-refractivity contribution in [3.05, 3.63) is 29.6 Å². The number of hydrogen-bond acceptors (Lipinski definition) is 4. The van der Waals surface area contributed by atoms with Crippen molar-refractivity contribution >= 4 is 5.91 Å². The Morgan fingerprint density at radius 3 is 2.70 bits per heavy atom. The predicted molar refractivity (Wildman–Crippen MR) is 87.7 cm³/mol. The number of carbonyl (C=O) groups is 1. The molecular weight excluding hydrogens is 290 g/mol. The van der Waals surface area contributed by atoms with E-state index >= 15 is 0 Å². The fraction of sp³-hybridized carbons (Fsp3) is 0.529. The SMILES string of the molecule is CC(=O)N1CCCCC1c1nc(C)cc(-c2cnc(C)n2C)n1. The highest BCUT2D eigenvalue weighted by atomic mass is 16.2. The Kier molecular flexibility index (Phi) is 4.15. The van der Waals surface area contributed by atoms with E-state index in [0.717, 1.165) is 54.5 Å². The molecule has 1 fully saturated rings. The average Bonchev–Trinajstić information content (AvgIpc) is 2.86. The van der Waals surface area contributed by atoms with Crippen molar-refractivity contribution in [2.45, 2.75) is 46.1 Å². The first kappa shape index (κ1) is 15.6. The number of amides is 1. The molecule has 3 rings (SSSR count). The molecule has 0 aliphatic carbocycles. The van der Waals surface area contributed by atoms with Crippen LogP contribution in [0.15, 0.2) is 12.3 Å². The third-order valence-electron chi connectivity index (χ3n) is 4.56. The Morgan fingerprint density at radius 1 is 1.26 bits per heavy atom. The standard InChI is InChI=1S/C17H23N5O/c1-11-9-14(16-10-18-12(2)21(16)4)20-17(19-11)15-7-5-6-8-22(15)13(3)23/h9-10,15H,5-8H2,1-4H3. The Labute approximate surface area is 136 Å². The summed E-state index contributed by atoms with van der Waals surface area (Å²) in [5, 5.41) is 0. The van der Waals surface area contributed by atoms with Crippen LogP contribution in [0, 0.1) is 13.8 Å². The topological polar surface area (TPSA) is 63.9 Å². The lowest BCUT2D eigenvalue weighted by atomic mass is 10.0. The number of likely N-dealkylation sites (tertiary alicyclic amines) is 1. The highest BCUT2D eigenvalue weighted by molar-refractivity contribution is 5.73. The van der Waals surface area contributed by atoms with Crippen LogP contribution in [0.3, 0.4) is 0 Å². The second-order valence-corrected chi connectivity index (χ2v) is 6.23. The summed E-state index contributed by atoms with van der Waals surface area (Å²) < 4.78 is 2.02. The van der Waals surface area contributed by atoms with Gasteiger partial charge in [-0.15, -0.1) is 0 Å². The van der Waals surface area contributed by atoms with Gasteiger partial charge in [-0.1, -0.05) is 0 Å². The minimum Gasteiger partial charge on any atom is -0.333 e. The molecule has 1 saturated heterocycles. The van der Waals surface area contributed by atoms with Crippen molar-refractivity contribution < 1.29 is 4.79 Å². The molecule has 0 spiro atoms. The zero-order chi connectivity index (χ0) is 16.6. The minimum absolute atomic E-state index is 0.0192. The van der Waals surface area contributed by atoms with Crippen molar-refractivity contribution in [2.24, 2.45) is 7.05 Å². The van der Waals surface area contributed by atoms with E-state index in [1.54, 1.807) is 6.92 Å². The molecule has 1 aliphatic rings. The van der Waals surface area contributed by atoms with Crippen LogP contribution in [-0.4, -0.2) is 36.9 Å². The zero-order valence-corrected chi connectivity index (χ0v) is 14.2. The van der Waals surface area contributed by atoms with Crippen molar-refractivity contribution in [3.8, 4) is 11.4 Å². The van der Waals surface area contributed by atoms with Crippen LogP contribution in [0.25, 0.3) is 11.4 Å². The van der Waals surface area contributed by atoms with Gasteiger partial charge >= 0.3 is 0 Å². The molecule has 2 aromatic heterocycles. The maximum absolute atomic E-state index is 11.9. The second kappa shape index (κ2) is 6.10. The summed E-state index contributed by atoms with van der Waals surface area (Å²) in [5.74, 6) is 1.78. The van der Waals surface area contributed by atoms with E-state index < -0.39 is 0 Å². The monoisotopic (exact) mass is 313 g/mol. The molecule has 0 bridgehead atoms. The first-order chi connectivity index (χ1) is 11.0. The van der Waals surface area contributed by atoms with Gasteiger partial charge < -0.3 is 9.47 Å². The normalized spacial score (nSPS) is 18.3. The first-order valence-electron chi connectivity index (χ1n) is 8.09. The van der Waals surface area contributed by atoms with Gasteiger partial charge in [0.2, 0.25) is 5.91 Å². The number of nitrogens with zero attached hydrogens (tertiary/aromatic N) is 5. The molecule has 1 unspecified atom stereocenters. The number of aryl methyl sites for hydroxylation is 2. The molecular formula is C17H23N5O. The van der Waals surface area contributed by atoms with E-state index in [0.29, 0.717) is 0 Å². The van der Waals surface area contributed by atoms with Crippen LogP contribution in [0.4, 0.5) is 0 Å². The molecule has 6 nitrogen and oxygen atoms in total. The molecule has 23 heavy (non-hydrogen) atoms. The summed E-state index contributed by atoms with van der Waals surface area (Å²) in [5.41, 5.74) is 2.75. The summed E-state index contributed by atoms with van der Waals surface area (Å²) in [6, 6.07) is 1.95. The molecule has 3 heterocycles. The van der Waals surface area contributed by atoms with Crippen LogP contribution >= 0.6 is 0 Å². The zero-order valence-electron chi connectivity index (χ0n) is 14.2. The van der Waals surface area contributed by atoms with E-state index in [1.165, 1.54) is 0 Å². The number of imidazole rings is 1. The van der Waals surface area contributed by atoms with E-state index in [2.05, 4.69) is 9.97 Å². The van der Waals surface area contributed by atoms with Crippen LogP contribution in [-0.2, 0) is 11.8 Å². The highest BCUT2D eigenvalue weighted by Crippen LogP contribution is 2.30. The van der Waals surface area contributed by atoms with Crippen molar-refractivity contribution in [1.82, 2.24) is 24.4 Å². The van der Waals surface area contributed by atoms with Gasteiger partial charge in [-0.2, -0.15) is 0 Å². The molecule has 0 N–H and O–H groups in total. The van der Waals surface area contributed by atoms with E-state index in [1.807, 2.05) is 42.6 Å². The molecule has 0 radical (unpaired) electrons. The number of piperidine rings is 1. The lowest BCUT2D eigenvalue weighted by molar-refractivity contribution is -0.132. The number of aromatic nitrogens is 4. The van der Waals surface area contributed by atoms with Gasteiger partial charge in [0, 0.05) is 26.2 Å². The minimum atomic E-state index is -0.0192. The Bertz CT molecular complexity index is 737. The summed E-state index contributed by atoms with van der Waals surface area (Å²) in [7, 11) is 1.98. The fourth-order valence-electron chi connectivity index (χ4n) is 3.19. The maximum Gasteiger partial charge on any atom is 0.220 e. The lowest BCUT2D eigenvalue weighted by Gasteiger charge is -2.34. The van der Waals surface area contributed by atoms with Gasteiger partial charge in [0.05, 0.1) is 23.6 Å². The molecule has 1 atom stereocenters. The number of carbonyl (C=O) groups excluding carboxylic acids is 1. The van der Waals surface area contributed by atoms with Crippen LogP contribution < -0.4 is 0 Å². The Morgan fingerprint density at radius 2 is 2.04 bits per heavy atom. The summed E-state index contributed by atoms with van der Waals surface area (Å²) in [6.07, 6.45) is 4.92. The largest absolute Gasteiger partial charge is 0.333 e. The van der Waals surface area contributed by atoms with Crippen molar-refractivity contribution in [2.75, 3.05) is 6.54 Å². The summed E-state index contributed by atoms with van der Waals surface area (Å²) in [6.45, 7) is 6.35. The molecule has 1 aliphatic heterocycles. The van der Waals surface area contributed by atoms with Crippen LogP contribution in [0.5, 0.6) is 0 Å². The van der Waals surface area contributed by atoms with Crippen LogP contribution in [0.2, 0.25) is 0 Å². The lowest BCUT2D eigenvalue weighted by Crippen LogP contribution is -2.37.